The molecule has 0 saturated carbocycles. The second kappa shape index (κ2) is 5.97. The zero-order chi connectivity index (χ0) is 12.9. The van der Waals surface area contributed by atoms with Crippen LogP contribution >= 0.6 is 0 Å². The van der Waals surface area contributed by atoms with Crippen LogP contribution in [0.15, 0.2) is 18.3 Å². The van der Waals surface area contributed by atoms with Crippen LogP contribution in [-0.2, 0) is 17.5 Å². The lowest BCUT2D eigenvalue weighted by Gasteiger charge is -2.12. The minimum Gasteiger partial charge on any atom is -0.383 e. The van der Waals surface area contributed by atoms with E-state index >= 15 is 0 Å². The Morgan fingerprint density at radius 2 is 2.12 bits per heavy atom. The summed E-state index contributed by atoms with van der Waals surface area (Å²) in [6.45, 7) is 2.89. The van der Waals surface area contributed by atoms with Crippen LogP contribution in [0.2, 0.25) is 0 Å². The highest BCUT2D eigenvalue weighted by molar-refractivity contribution is 5.16. The van der Waals surface area contributed by atoms with Gasteiger partial charge in [-0.25, -0.2) is 0 Å². The van der Waals surface area contributed by atoms with Gasteiger partial charge in [-0.1, -0.05) is 0 Å². The summed E-state index contributed by atoms with van der Waals surface area (Å²) in [5.41, 5.74) is -0.160. The number of alkyl halides is 3. The van der Waals surface area contributed by atoms with Crippen LogP contribution in [0.4, 0.5) is 13.2 Å². The lowest BCUT2D eigenvalue weighted by Crippen LogP contribution is -2.29. The van der Waals surface area contributed by atoms with Gasteiger partial charge in [0.1, 0.15) is 0 Å². The summed E-state index contributed by atoms with van der Waals surface area (Å²) in [5.74, 6) is 0. The lowest BCUT2D eigenvalue weighted by molar-refractivity contribution is -0.137. The molecule has 0 bridgehead atoms. The zero-order valence-corrected chi connectivity index (χ0v) is 9.71. The van der Waals surface area contributed by atoms with Crippen LogP contribution in [-0.4, -0.2) is 24.7 Å². The molecule has 0 aliphatic rings. The van der Waals surface area contributed by atoms with Gasteiger partial charge in [0.05, 0.1) is 17.9 Å². The Morgan fingerprint density at radius 3 is 2.59 bits per heavy atom. The quantitative estimate of drug-likeness (QED) is 0.867. The molecule has 0 aromatic carbocycles. The van der Waals surface area contributed by atoms with E-state index in [0.29, 0.717) is 18.8 Å². The molecule has 0 aliphatic heterocycles. The Balaban J connectivity index is 2.51. The third kappa shape index (κ3) is 4.70. The Hall–Kier alpha value is -1.14. The zero-order valence-electron chi connectivity index (χ0n) is 9.71. The van der Waals surface area contributed by atoms with E-state index < -0.39 is 11.7 Å². The number of hydrogen-bond donors (Lipinski definition) is 1. The molecule has 6 heteroatoms. The van der Waals surface area contributed by atoms with Crippen molar-refractivity contribution in [2.75, 3.05) is 13.7 Å². The van der Waals surface area contributed by atoms with Crippen molar-refractivity contribution in [1.82, 2.24) is 10.3 Å². The van der Waals surface area contributed by atoms with Gasteiger partial charge in [-0.3, -0.25) is 4.98 Å². The second-order valence-corrected chi connectivity index (χ2v) is 3.77. The van der Waals surface area contributed by atoms with Crippen molar-refractivity contribution in [3.05, 3.63) is 29.6 Å². The smallest absolute Gasteiger partial charge is 0.383 e. The maximum Gasteiger partial charge on any atom is 0.417 e. The van der Waals surface area contributed by atoms with Crippen LogP contribution in [0.25, 0.3) is 0 Å². The second-order valence-electron chi connectivity index (χ2n) is 3.77. The number of pyridine rings is 1. The Morgan fingerprint density at radius 1 is 1.41 bits per heavy atom. The molecule has 96 valence electrons. The van der Waals surface area contributed by atoms with Crippen molar-refractivity contribution in [3.8, 4) is 0 Å². The highest BCUT2D eigenvalue weighted by Crippen LogP contribution is 2.28. The number of rotatable bonds is 5. The van der Waals surface area contributed by atoms with Gasteiger partial charge in [-0.05, 0) is 19.1 Å². The van der Waals surface area contributed by atoms with Crippen molar-refractivity contribution in [3.63, 3.8) is 0 Å². The van der Waals surface area contributed by atoms with Crippen LogP contribution in [0.5, 0.6) is 0 Å². The van der Waals surface area contributed by atoms with Gasteiger partial charge in [0.25, 0.3) is 0 Å². The highest BCUT2D eigenvalue weighted by atomic mass is 19.4. The molecule has 1 aromatic heterocycles. The Kier molecular flexibility index (Phi) is 4.89. The molecule has 3 nitrogen and oxygen atoms in total. The van der Waals surface area contributed by atoms with E-state index in [1.165, 1.54) is 6.07 Å². The molecule has 0 amide bonds. The molecule has 0 spiro atoms. The van der Waals surface area contributed by atoms with E-state index in [0.717, 1.165) is 12.3 Å². The average molecular weight is 248 g/mol. The van der Waals surface area contributed by atoms with E-state index in [9.17, 15) is 13.2 Å². The van der Waals surface area contributed by atoms with Gasteiger partial charge in [-0.2, -0.15) is 13.2 Å². The largest absolute Gasteiger partial charge is 0.417 e. The van der Waals surface area contributed by atoms with Crippen molar-refractivity contribution in [2.45, 2.75) is 25.7 Å². The van der Waals surface area contributed by atoms with Crippen molar-refractivity contribution < 1.29 is 17.9 Å². The maximum atomic E-state index is 12.3. The molecular formula is C11H15F3N2O. The first kappa shape index (κ1) is 13.9. The molecule has 1 rings (SSSR count). The summed E-state index contributed by atoms with van der Waals surface area (Å²) in [6.07, 6.45) is -3.49. The average Bonchev–Trinajstić information content (AvgIpc) is 2.26. The molecule has 1 heterocycles. The molecule has 1 N–H and O–H groups in total. The van der Waals surface area contributed by atoms with Crippen molar-refractivity contribution in [2.24, 2.45) is 0 Å². The van der Waals surface area contributed by atoms with E-state index in [1.54, 1.807) is 7.11 Å². The summed E-state index contributed by atoms with van der Waals surface area (Å²) < 4.78 is 41.7. The lowest BCUT2D eigenvalue weighted by atomic mass is 10.2. The summed E-state index contributed by atoms with van der Waals surface area (Å²) in [6, 6.07) is 2.53. The Labute approximate surface area is 98.0 Å². The van der Waals surface area contributed by atoms with Gasteiger partial charge < -0.3 is 10.1 Å². The van der Waals surface area contributed by atoms with Crippen molar-refractivity contribution >= 4 is 0 Å². The van der Waals surface area contributed by atoms with Gasteiger partial charge >= 0.3 is 6.18 Å². The minimum absolute atomic E-state index is 0.129. The normalized spacial score (nSPS) is 13.7. The molecule has 1 unspecified atom stereocenters. The first-order valence-electron chi connectivity index (χ1n) is 5.18. The van der Waals surface area contributed by atoms with Crippen LogP contribution in [0.1, 0.15) is 18.2 Å². The third-order valence-electron chi connectivity index (χ3n) is 2.20. The van der Waals surface area contributed by atoms with E-state index in [4.69, 9.17) is 4.74 Å². The minimum atomic E-state index is -4.33. The molecule has 17 heavy (non-hydrogen) atoms. The standard InChI is InChI=1S/C11H15F3N2O/c1-8(7-17-2)15-6-10-4-3-9(5-16-10)11(12,13)14/h3-5,8,15H,6-7H2,1-2H3. The first-order valence-corrected chi connectivity index (χ1v) is 5.18. The number of halogens is 3. The fourth-order valence-electron chi connectivity index (χ4n) is 1.28. The number of hydrogen-bond acceptors (Lipinski definition) is 3. The molecule has 1 atom stereocenters. The topological polar surface area (TPSA) is 34.1 Å². The predicted octanol–water partition coefficient (Wildman–Crippen LogP) is 2.22. The summed E-state index contributed by atoms with van der Waals surface area (Å²) >= 11 is 0. The SMILES string of the molecule is COCC(C)NCc1ccc(C(F)(F)F)cn1. The van der Waals surface area contributed by atoms with Crippen LogP contribution in [0, 0.1) is 0 Å². The maximum absolute atomic E-state index is 12.3. The van der Waals surface area contributed by atoms with Gasteiger partial charge in [0.15, 0.2) is 0 Å². The van der Waals surface area contributed by atoms with Gasteiger partial charge in [-0.15, -0.1) is 0 Å². The monoisotopic (exact) mass is 248 g/mol. The number of nitrogens with one attached hydrogen (secondary N) is 1. The molecule has 0 saturated heterocycles. The van der Waals surface area contributed by atoms with E-state index in [-0.39, 0.29) is 6.04 Å². The van der Waals surface area contributed by atoms with E-state index in [2.05, 4.69) is 10.3 Å². The molecule has 0 radical (unpaired) electrons. The fraction of sp³-hybridized carbons (Fsp3) is 0.545. The first-order chi connectivity index (χ1) is 7.93. The van der Waals surface area contributed by atoms with Crippen LogP contribution in [0.3, 0.4) is 0 Å². The summed E-state index contributed by atoms with van der Waals surface area (Å²) in [4.78, 5) is 3.75. The van der Waals surface area contributed by atoms with Crippen molar-refractivity contribution in [1.29, 1.82) is 0 Å². The number of methoxy groups -OCH3 is 1. The van der Waals surface area contributed by atoms with Crippen LogP contribution < -0.4 is 5.32 Å². The van der Waals surface area contributed by atoms with E-state index in [1.807, 2.05) is 6.92 Å². The predicted molar refractivity (Wildman–Crippen MR) is 57.4 cm³/mol. The summed E-state index contributed by atoms with van der Waals surface area (Å²) in [5, 5.41) is 3.09. The Bertz CT molecular complexity index is 338. The highest BCUT2D eigenvalue weighted by Gasteiger charge is 2.30. The molecule has 0 fully saturated rings. The molecule has 1 aromatic rings. The molecule has 0 aliphatic carbocycles. The number of nitrogens with zero attached hydrogens (tertiary/aromatic N) is 1. The van der Waals surface area contributed by atoms with Gasteiger partial charge in [0, 0.05) is 25.9 Å². The fourth-order valence-corrected chi connectivity index (χ4v) is 1.28. The summed E-state index contributed by atoms with van der Waals surface area (Å²) in [7, 11) is 1.59. The third-order valence-corrected chi connectivity index (χ3v) is 2.20. The number of aromatic nitrogens is 1. The van der Waals surface area contributed by atoms with Gasteiger partial charge in [0.2, 0.25) is 0 Å². The molecular weight excluding hydrogens is 233 g/mol. The number of ether oxygens (including phenoxy) is 1.